The zero-order chi connectivity index (χ0) is 14.6. The Bertz CT molecular complexity index is 493. The summed E-state index contributed by atoms with van der Waals surface area (Å²) >= 11 is 0. The van der Waals surface area contributed by atoms with Gasteiger partial charge in [0.15, 0.2) is 0 Å². The van der Waals surface area contributed by atoms with E-state index in [2.05, 4.69) is 10.3 Å². The fourth-order valence-corrected chi connectivity index (χ4v) is 1.68. The lowest BCUT2D eigenvalue weighted by Gasteiger charge is -2.28. The number of hydrogen-bond donors (Lipinski definition) is 2. The molecule has 0 fully saturated rings. The molecule has 104 valence electrons. The van der Waals surface area contributed by atoms with Gasteiger partial charge in [0.05, 0.1) is 11.3 Å². The highest BCUT2D eigenvalue weighted by Gasteiger charge is 2.23. The van der Waals surface area contributed by atoms with Crippen LogP contribution in [-0.4, -0.2) is 27.5 Å². The molecule has 0 bridgehead atoms. The Hall–Kier alpha value is -1.91. The molecule has 19 heavy (non-hydrogen) atoms. The van der Waals surface area contributed by atoms with Crippen LogP contribution in [0.3, 0.4) is 0 Å². The number of hydrogen-bond acceptors (Lipinski definition) is 3. The van der Waals surface area contributed by atoms with Gasteiger partial charge >= 0.3 is 5.97 Å². The lowest BCUT2D eigenvalue weighted by molar-refractivity contribution is 0.0694. The second-order valence-electron chi connectivity index (χ2n) is 4.86. The Balaban J connectivity index is 2.96. The third-order valence-corrected chi connectivity index (χ3v) is 3.52. The topological polar surface area (TPSA) is 79.3 Å². The predicted molar refractivity (Wildman–Crippen MR) is 72.4 cm³/mol. The lowest BCUT2D eigenvalue weighted by Crippen LogP contribution is -2.45. The second-order valence-corrected chi connectivity index (χ2v) is 4.86. The number of carbonyl (C=O) groups excluding carboxylic acids is 1. The highest BCUT2D eigenvalue weighted by atomic mass is 16.4. The number of carboxylic acid groups (broad SMARTS) is 1. The monoisotopic (exact) mass is 264 g/mol. The first-order valence-corrected chi connectivity index (χ1v) is 6.36. The van der Waals surface area contributed by atoms with Crippen molar-refractivity contribution in [1.29, 1.82) is 0 Å². The first-order valence-electron chi connectivity index (χ1n) is 6.36. The molecular formula is C14H20N2O3. The largest absolute Gasteiger partial charge is 0.478 e. The molecule has 0 spiro atoms. The number of aryl methyl sites for hydroxylation is 1. The minimum atomic E-state index is -1.04. The van der Waals surface area contributed by atoms with Gasteiger partial charge < -0.3 is 10.4 Å². The van der Waals surface area contributed by atoms with E-state index in [4.69, 9.17) is 5.11 Å². The van der Waals surface area contributed by atoms with E-state index in [1.165, 1.54) is 12.1 Å². The second kappa shape index (κ2) is 5.82. The number of amides is 1. The Morgan fingerprint density at radius 3 is 2.32 bits per heavy atom. The molecule has 0 aliphatic rings. The number of nitrogens with zero attached hydrogens (tertiary/aromatic N) is 1. The average Bonchev–Trinajstić information content (AvgIpc) is 2.37. The number of carbonyl (C=O) groups is 2. The van der Waals surface area contributed by atoms with E-state index in [-0.39, 0.29) is 22.7 Å². The maximum absolute atomic E-state index is 12.1. The number of nitrogens with one attached hydrogen (secondary N) is 1. The Kier molecular flexibility index (Phi) is 4.64. The van der Waals surface area contributed by atoms with Gasteiger partial charge in [0.1, 0.15) is 5.69 Å². The van der Waals surface area contributed by atoms with E-state index in [0.29, 0.717) is 5.69 Å². The molecule has 1 amide bonds. The van der Waals surface area contributed by atoms with Gasteiger partial charge in [0, 0.05) is 5.54 Å². The van der Waals surface area contributed by atoms with Gasteiger partial charge in [0.2, 0.25) is 0 Å². The quantitative estimate of drug-likeness (QED) is 0.855. The number of pyridine rings is 1. The van der Waals surface area contributed by atoms with Crippen LogP contribution in [0.5, 0.6) is 0 Å². The van der Waals surface area contributed by atoms with Crippen LogP contribution in [0, 0.1) is 6.92 Å². The summed E-state index contributed by atoms with van der Waals surface area (Å²) in [6, 6.07) is 2.85. The van der Waals surface area contributed by atoms with Crippen LogP contribution in [0.1, 0.15) is 60.2 Å². The molecule has 0 saturated heterocycles. The van der Waals surface area contributed by atoms with Crippen molar-refractivity contribution >= 4 is 11.9 Å². The minimum absolute atomic E-state index is 0.116. The maximum atomic E-state index is 12.1. The maximum Gasteiger partial charge on any atom is 0.337 e. The van der Waals surface area contributed by atoms with Crippen LogP contribution in [0.2, 0.25) is 0 Å². The zero-order valence-electron chi connectivity index (χ0n) is 11.8. The third-order valence-electron chi connectivity index (χ3n) is 3.52. The van der Waals surface area contributed by atoms with Gasteiger partial charge in [-0.1, -0.05) is 13.8 Å². The molecule has 5 heteroatoms. The number of carboxylic acids is 1. The van der Waals surface area contributed by atoms with E-state index < -0.39 is 5.97 Å². The van der Waals surface area contributed by atoms with E-state index >= 15 is 0 Å². The first-order chi connectivity index (χ1) is 8.83. The Morgan fingerprint density at radius 2 is 1.89 bits per heavy atom. The molecule has 0 aromatic carbocycles. The van der Waals surface area contributed by atoms with Crippen molar-refractivity contribution in [2.75, 3.05) is 0 Å². The van der Waals surface area contributed by atoms with Gasteiger partial charge in [-0.15, -0.1) is 0 Å². The summed E-state index contributed by atoms with van der Waals surface area (Å²) in [6.07, 6.45) is 1.64. The van der Waals surface area contributed by atoms with Crippen LogP contribution >= 0.6 is 0 Å². The van der Waals surface area contributed by atoms with Crippen LogP contribution in [0.25, 0.3) is 0 Å². The van der Waals surface area contributed by atoms with Crippen molar-refractivity contribution in [3.05, 3.63) is 29.1 Å². The van der Waals surface area contributed by atoms with Gasteiger partial charge in [-0.25, -0.2) is 9.78 Å². The fraction of sp³-hybridized carbons (Fsp3) is 0.500. The van der Waals surface area contributed by atoms with Crippen molar-refractivity contribution in [2.45, 2.75) is 46.1 Å². The smallest absolute Gasteiger partial charge is 0.337 e. The number of aromatic nitrogens is 1. The standard InChI is InChI=1S/C14H20N2O3/c1-5-14(4,6-2)16-12(17)11-8-7-10(13(18)19)9(3)15-11/h7-8H,5-6H2,1-4H3,(H,16,17)(H,18,19). The molecule has 1 rings (SSSR count). The van der Waals surface area contributed by atoms with E-state index in [1.54, 1.807) is 6.92 Å². The van der Waals surface area contributed by atoms with Crippen molar-refractivity contribution < 1.29 is 14.7 Å². The van der Waals surface area contributed by atoms with Gasteiger partial charge in [-0.2, -0.15) is 0 Å². The van der Waals surface area contributed by atoms with Crippen LogP contribution in [-0.2, 0) is 0 Å². The summed E-state index contributed by atoms with van der Waals surface area (Å²) in [6.45, 7) is 7.58. The predicted octanol–water partition coefficient (Wildman–Crippen LogP) is 2.40. The molecule has 1 aromatic heterocycles. The Labute approximate surface area is 113 Å². The van der Waals surface area contributed by atoms with Crippen LogP contribution < -0.4 is 5.32 Å². The van der Waals surface area contributed by atoms with Crippen molar-refractivity contribution in [1.82, 2.24) is 10.3 Å². The number of rotatable bonds is 5. The van der Waals surface area contributed by atoms with E-state index in [0.717, 1.165) is 12.8 Å². The average molecular weight is 264 g/mol. The molecule has 0 unspecified atom stereocenters. The van der Waals surface area contributed by atoms with Crippen LogP contribution in [0.4, 0.5) is 0 Å². The van der Waals surface area contributed by atoms with Crippen molar-refractivity contribution in [2.24, 2.45) is 0 Å². The molecule has 0 aliphatic heterocycles. The molecule has 0 radical (unpaired) electrons. The molecule has 1 aromatic rings. The lowest BCUT2D eigenvalue weighted by atomic mass is 9.95. The summed E-state index contributed by atoms with van der Waals surface area (Å²) < 4.78 is 0. The highest BCUT2D eigenvalue weighted by Crippen LogP contribution is 2.15. The first kappa shape index (κ1) is 15.1. The van der Waals surface area contributed by atoms with Gasteiger partial charge in [-0.05, 0) is 38.8 Å². The SMILES string of the molecule is CCC(C)(CC)NC(=O)c1ccc(C(=O)O)c(C)n1. The van der Waals surface area contributed by atoms with Crippen LogP contribution in [0.15, 0.2) is 12.1 Å². The normalized spacial score (nSPS) is 11.2. The van der Waals surface area contributed by atoms with E-state index in [1.807, 2.05) is 20.8 Å². The summed E-state index contributed by atoms with van der Waals surface area (Å²) in [7, 11) is 0. The zero-order valence-corrected chi connectivity index (χ0v) is 11.8. The minimum Gasteiger partial charge on any atom is -0.478 e. The number of aromatic carboxylic acids is 1. The van der Waals surface area contributed by atoms with Gasteiger partial charge in [-0.3, -0.25) is 4.79 Å². The molecule has 0 saturated carbocycles. The van der Waals surface area contributed by atoms with Gasteiger partial charge in [0.25, 0.3) is 5.91 Å². The fourth-order valence-electron chi connectivity index (χ4n) is 1.68. The summed E-state index contributed by atoms with van der Waals surface area (Å²) in [5.74, 6) is -1.31. The molecule has 5 nitrogen and oxygen atoms in total. The summed E-state index contributed by atoms with van der Waals surface area (Å²) in [5.41, 5.74) is 0.439. The van der Waals surface area contributed by atoms with E-state index in [9.17, 15) is 9.59 Å². The summed E-state index contributed by atoms with van der Waals surface area (Å²) in [5, 5.41) is 11.9. The molecule has 1 heterocycles. The molecule has 0 atom stereocenters. The van der Waals surface area contributed by atoms with Crippen molar-refractivity contribution in [3.63, 3.8) is 0 Å². The van der Waals surface area contributed by atoms with Crippen molar-refractivity contribution in [3.8, 4) is 0 Å². The summed E-state index contributed by atoms with van der Waals surface area (Å²) in [4.78, 5) is 27.0. The molecular weight excluding hydrogens is 244 g/mol. The molecule has 2 N–H and O–H groups in total. The highest BCUT2D eigenvalue weighted by molar-refractivity contribution is 5.94. The third kappa shape index (κ3) is 3.53. The molecule has 0 aliphatic carbocycles. The Morgan fingerprint density at radius 1 is 1.32 bits per heavy atom.